The first-order valence-electron chi connectivity index (χ1n) is 9.37. The van der Waals surface area contributed by atoms with Gasteiger partial charge < -0.3 is 24.0 Å². The molecule has 10 nitrogen and oxygen atoms in total. The van der Waals surface area contributed by atoms with Crippen molar-refractivity contribution in [1.29, 1.82) is 0 Å². The highest BCUT2D eigenvalue weighted by Gasteiger charge is 2.24. The molecular formula is C18H25IN6O4S. The minimum atomic E-state index is -0.568. The molecule has 0 saturated carbocycles. The maximum Gasteiger partial charge on any atom is 0.410 e. The fraction of sp³-hybridized carbons (Fsp3) is 0.556. The molecular weight excluding hydrogens is 523 g/mol. The molecule has 0 atom stereocenters. The molecule has 0 unspecified atom stereocenters. The first kappa shape index (κ1) is 22.6. The van der Waals surface area contributed by atoms with Crippen molar-refractivity contribution in [3.63, 3.8) is 0 Å². The van der Waals surface area contributed by atoms with Crippen molar-refractivity contribution in [2.24, 2.45) is 0 Å². The molecule has 164 valence electrons. The van der Waals surface area contributed by atoms with E-state index in [0.717, 1.165) is 15.3 Å². The van der Waals surface area contributed by atoms with Crippen molar-refractivity contribution < 1.29 is 19.0 Å². The summed E-state index contributed by atoms with van der Waals surface area (Å²) in [6.45, 7) is 7.23. The highest BCUT2D eigenvalue weighted by atomic mass is 127. The molecule has 0 N–H and O–H groups in total. The van der Waals surface area contributed by atoms with Crippen LogP contribution in [0.15, 0.2) is 24.5 Å². The average molecular weight is 548 g/mol. The number of imidazole rings is 1. The SMILES string of the molecule is CN(CCCN(CC1=COCO1)C(=O)OC(C)(C)C)c1nc(-n2cnc(I)c2)ns1. The Kier molecular flexibility index (Phi) is 7.39. The highest BCUT2D eigenvalue weighted by Crippen LogP contribution is 2.19. The number of hydrogen-bond acceptors (Lipinski definition) is 9. The number of aromatic nitrogens is 4. The summed E-state index contributed by atoms with van der Waals surface area (Å²) in [6.07, 6.45) is 5.44. The Morgan fingerprint density at radius 1 is 1.40 bits per heavy atom. The Hall–Kier alpha value is -2.09. The van der Waals surface area contributed by atoms with Crippen LogP contribution in [0, 0.1) is 3.70 Å². The van der Waals surface area contributed by atoms with E-state index >= 15 is 0 Å². The van der Waals surface area contributed by atoms with Crippen molar-refractivity contribution in [1.82, 2.24) is 23.8 Å². The zero-order valence-electron chi connectivity index (χ0n) is 17.4. The number of amides is 1. The number of carbonyl (C=O) groups is 1. The summed E-state index contributed by atoms with van der Waals surface area (Å²) in [5, 5.41) is 0.799. The Bertz CT molecular complexity index is 893. The monoisotopic (exact) mass is 548 g/mol. The fourth-order valence-corrected chi connectivity index (χ4v) is 3.65. The Morgan fingerprint density at radius 2 is 2.20 bits per heavy atom. The van der Waals surface area contributed by atoms with Crippen LogP contribution in [-0.2, 0) is 14.2 Å². The summed E-state index contributed by atoms with van der Waals surface area (Å²) in [5.74, 6) is 1.20. The Morgan fingerprint density at radius 3 is 2.83 bits per heavy atom. The van der Waals surface area contributed by atoms with E-state index in [1.807, 2.05) is 38.9 Å². The molecule has 0 aliphatic carbocycles. The van der Waals surface area contributed by atoms with Gasteiger partial charge in [-0.25, -0.2) is 9.78 Å². The average Bonchev–Trinajstić information content (AvgIpc) is 3.40. The number of nitrogens with zero attached hydrogens (tertiary/aromatic N) is 6. The minimum absolute atomic E-state index is 0.176. The quantitative estimate of drug-likeness (QED) is 0.465. The predicted octanol–water partition coefficient (Wildman–Crippen LogP) is 3.24. The minimum Gasteiger partial charge on any atom is -0.462 e. The molecule has 0 saturated heterocycles. The molecule has 3 rings (SSSR count). The normalized spacial score (nSPS) is 13.4. The van der Waals surface area contributed by atoms with Gasteiger partial charge in [-0.1, -0.05) is 0 Å². The molecule has 1 aliphatic rings. The van der Waals surface area contributed by atoms with Crippen LogP contribution in [-0.4, -0.2) is 69.0 Å². The van der Waals surface area contributed by atoms with Crippen molar-refractivity contribution in [3.8, 4) is 5.95 Å². The number of ether oxygens (including phenoxy) is 3. The van der Waals surface area contributed by atoms with Crippen LogP contribution < -0.4 is 4.90 Å². The van der Waals surface area contributed by atoms with E-state index in [4.69, 9.17) is 14.2 Å². The van der Waals surface area contributed by atoms with Crippen molar-refractivity contribution >= 4 is 45.3 Å². The van der Waals surface area contributed by atoms with Crippen LogP contribution in [0.4, 0.5) is 9.93 Å². The maximum absolute atomic E-state index is 12.6. The molecule has 3 heterocycles. The van der Waals surface area contributed by atoms with E-state index in [-0.39, 0.29) is 12.9 Å². The van der Waals surface area contributed by atoms with E-state index in [1.165, 1.54) is 17.8 Å². The van der Waals surface area contributed by atoms with Gasteiger partial charge in [-0.15, -0.1) is 0 Å². The van der Waals surface area contributed by atoms with Gasteiger partial charge in [-0.05, 0) is 49.8 Å². The summed E-state index contributed by atoms with van der Waals surface area (Å²) in [5.41, 5.74) is -0.568. The maximum atomic E-state index is 12.6. The smallest absolute Gasteiger partial charge is 0.410 e. The van der Waals surface area contributed by atoms with Gasteiger partial charge in [-0.2, -0.15) is 9.36 Å². The van der Waals surface area contributed by atoms with Crippen molar-refractivity contribution in [3.05, 3.63) is 28.2 Å². The van der Waals surface area contributed by atoms with E-state index in [2.05, 4.69) is 36.9 Å². The third-order valence-electron chi connectivity index (χ3n) is 3.96. The molecule has 0 bridgehead atoms. The van der Waals surface area contributed by atoms with Gasteiger partial charge in [0.2, 0.25) is 17.9 Å². The molecule has 0 spiro atoms. The standard InChI is InChI=1S/C18H25IN6O4S/c1-18(2,3)29-17(26)24(8-13-10-27-12-28-13)7-5-6-23(4)16-21-15(22-30-16)25-9-14(19)20-11-25/h9-11H,5-8,12H2,1-4H3. The Labute approximate surface area is 193 Å². The summed E-state index contributed by atoms with van der Waals surface area (Å²) >= 11 is 3.47. The zero-order valence-corrected chi connectivity index (χ0v) is 20.3. The van der Waals surface area contributed by atoms with E-state index in [9.17, 15) is 4.79 Å². The van der Waals surface area contributed by atoms with Gasteiger partial charge in [-0.3, -0.25) is 4.57 Å². The van der Waals surface area contributed by atoms with Crippen LogP contribution in [0.25, 0.3) is 5.95 Å². The summed E-state index contributed by atoms with van der Waals surface area (Å²) in [4.78, 5) is 25.0. The molecule has 0 fully saturated rings. The summed E-state index contributed by atoms with van der Waals surface area (Å²) < 4.78 is 23.0. The second-order valence-electron chi connectivity index (χ2n) is 7.67. The summed E-state index contributed by atoms with van der Waals surface area (Å²) in [6, 6.07) is 0. The lowest BCUT2D eigenvalue weighted by Gasteiger charge is -2.27. The van der Waals surface area contributed by atoms with Gasteiger partial charge in [0.25, 0.3) is 0 Å². The third-order valence-corrected chi connectivity index (χ3v) is 5.34. The van der Waals surface area contributed by atoms with Crippen LogP contribution in [0.5, 0.6) is 0 Å². The van der Waals surface area contributed by atoms with Crippen LogP contribution in [0.1, 0.15) is 27.2 Å². The van der Waals surface area contributed by atoms with Crippen molar-refractivity contribution in [2.45, 2.75) is 32.8 Å². The molecule has 1 amide bonds. The predicted molar refractivity (Wildman–Crippen MR) is 121 cm³/mol. The van der Waals surface area contributed by atoms with Crippen molar-refractivity contribution in [2.75, 3.05) is 38.4 Å². The Balaban J connectivity index is 1.55. The number of halogens is 1. The van der Waals surface area contributed by atoms with Crippen LogP contribution in [0.3, 0.4) is 0 Å². The van der Waals surface area contributed by atoms with Gasteiger partial charge in [0, 0.05) is 37.9 Å². The van der Waals surface area contributed by atoms with Crippen LogP contribution in [0.2, 0.25) is 0 Å². The second kappa shape index (κ2) is 9.81. The number of hydrogen-bond donors (Lipinski definition) is 0. The lowest BCUT2D eigenvalue weighted by Crippen LogP contribution is -2.39. The molecule has 0 radical (unpaired) electrons. The number of rotatable bonds is 8. The van der Waals surface area contributed by atoms with E-state index in [0.29, 0.717) is 31.3 Å². The van der Waals surface area contributed by atoms with Crippen LogP contribution >= 0.6 is 34.1 Å². The summed E-state index contributed by atoms with van der Waals surface area (Å²) in [7, 11) is 1.95. The lowest BCUT2D eigenvalue weighted by molar-refractivity contribution is 0.0213. The molecule has 1 aliphatic heterocycles. The highest BCUT2D eigenvalue weighted by molar-refractivity contribution is 14.1. The van der Waals surface area contributed by atoms with E-state index in [1.54, 1.807) is 15.8 Å². The number of anilines is 1. The first-order chi connectivity index (χ1) is 14.2. The van der Waals surface area contributed by atoms with Gasteiger partial charge in [0.05, 0.1) is 6.54 Å². The molecule has 12 heteroatoms. The number of carbonyl (C=O) groups excluding carboxylic acids is 1. The van der Waals surface area contributed by atoms with Gasteiger partial charge >= 0.3 is 6.09 Å². The largest absolute Gasteiger partial charge is 0.462 e. The third kappa shape index (κ3) is 6.45. The fourth-order valence-electron chi connectivity index (χ4n) is 2.57. The molecule has 30 heavy (non-hydrogen) atoms. The first-order valence-corrected chi connectivity index (χ1v) is 11.2. The van der Waals surface area contributed by atoms with Gasteiger partial charge in [0.1, 0.15) is 21.9 Å². The second-order valence-corrected chi connectivity index (χ2v) is 9.51. The topological polar surface area (TPSA) is 94.8 Å². The van der Waals surface area contributed by atoms with Gasteiger partial charge in [0.15, 0.2) is 5.76 Å². The van der Waals surface area contributed by atoms with E-state index < -0.39 is 5.60 Å². The molecule has 2 aromatic heterocycles. The molecule has 2 aromatic rings. The zero-order chi connectivity index (χ0) is 21.7. The lowest BCUT2D eigenvalue weighted by atomic mass is 10.2. The molecule has 0 aromatic carbocycles.